The SMILES string of the molecule is CN(CCCN)C(=O)c1cncs1. The molecule has 0 spiro atoms. The molecule has 0 bridgehead atoms. The zero-order chi connectivity index (χ0) is 9.68. The molecule has 2 N–H and O–H groups in total. The van der Waals surface area contributed by atoms with E-state index >= 15 is 0 Å². The van der Waals surface area contributed by atoms with Crippen molar-refractivity contribution >= 4 is 17.2 Å². The minimum absolute atomic E-state index is 0.0240. The second kappa shape index (κ2) is 4.94. The fraction of sp³-hybridized carbons (Fsp3) is 0.500. The van der Waals surface area contributed by atoms with Gasteiger partial charge in [0.05, 0.1) is 11.7 Å². The van der Waals surface area contributed by atoms with Gasteiger partial charge >= 0.3 is 0 Å². The van der Waals surface area contributed by atoms with Crippen molar-refractivity contribution in [3.05, 3.63) is 16.6 Å². The molecule has 1 aromatic rings. The maximum atomic E-state index is 11.6. The zero-order valence-corrected chi connectivity index (χ0v) is 8.38. The fourth-order valence-corrected chi connectivity index (χ4v) is 1.55. The molecule has 0 saturated carbocycles. The molecule has 1 rings (SSSR count). The Morgan fingerprint density at radius 1 is 1.77 bits per heavy atom. The van der Waals surface area contributed by atoms with Gasteiger partial charge < -0.3 is 10.6 Å². The Morgan fingerprint density at radius 2 is 2.54 bits per heavy atom. The number of nitrogens with zero attached hydrogens (tertiary/aromatic N) is 2. The summed E-state index contributed by atoms with van der Waals surface area (Å²) < 4.78 is 0. The molecule has 1 aromatic heterocycles. The van der Waals surface area contributed by atoms with E-state index in [1.165, 1.54) is 11.3 Å². The van der Waals surface area contributed by atoms with Crippen LogP contribution in [0.25, 0.3) is 0 Å². The molecule has 5 heteroatoms. The molecule has 1 amide bonds. The van der Waals surface area contributed by atoms with Crippen LogP contribution in [0.1, 0.15) is 16.1 Å². The van der Waals surface area contributed by atoms with E-state index in [1.54, 1.807) is 23.7 Å². The smallest absolute Gasteiger partial charge is 0.265 e. The predicted molar refractivity (Wildman–Crippen MR) is 52.7 cm³/mol. The minimum atomic E-state index is 0.0240. The maximum Gasteiger partial charge on any atom is 0.265 e. The molecule has 0 aromatic carbocycles. The number of rotatable bonds is 4. The second-order valence-electron chi connectivity index (χ2n) is 2.73. The van der Waals surface area contributed by atoms with Crippen LogP contribution in [0.3, 0.4) is 0 Å². The van der Waals surface area contributed by atoms with Gasteiger partial charge in [-0.25, -0.2) is 0 Å². The summed E-state index contributed by atoms with van der Waals surface area (Å²) >= 11 is 1.36. The van der Waals surface area contributed by atoms with Crippen LogP contribution in [0.5, 0.6) is 0 Å². The van der Waals surface area contributed by atoms with Crippen LogP contribution in [-0.2, 0) is 0 Å². The molecule has 0 aliphatic rings. The molecule has 0 aliphatic carbocycles. The molecular weight excluding hydrogens is 186 g/mol. The Kier molecular flexibility index (Phi) is 3.85. The van der Waals surface area contributed by atoms with Gasteiger partial charge in [-0.1, -0.05) is 0 Å². The Labute approximate surface area is 81.4 Å². The van der Waals surface area contributed by atoms with Crippen LogP contribution in [-0.4, -0.2) is 35.9 Å². The highest BCUT2D eigenvalue weighted by molar-refractivity contribution is 7.11. The van der Waals surface area contributed by atoms with E-state index < -0.39 is 0 Å². The largest absolute Gasteiger partial charge is 0.341 e. The van der Waals surface area contributed by atoms with Crippen LogP contribution in [0.4, 0.5) is 0 Å². The summed E-state index contributed by atoms with van der Waals surface area (Å²) in [7, 11) is 1.78. The molecule has 0 atom stereocenters. The van der Waals surface area contributed by atoms with Gasteiger partial charge in [0.15, 0.2) is 0 Å². The van der Waals surface area contributed by atoms with Crippen LogP contribution >= 0.6 is 11.3 Å². The van der Waals surface area contributed by atoms with Crippen molar-refractivity contribution < 1.29 is 4.79 Å². The Hall–Kier alpha value is -0.940. The Morgan fingerprint density at radius 3 is 3.08 bits per heavy atom. The van der Waals surface area contributed by atoms with Crippen molar-refractivity contribution in [3.8, 4) is 0 Å². The molecular formula is C8H13N3OS. The predicted octanol–water partition coefficient (Wildman–Crippen LogP) is 0.564. The quantitative estimate of drug-likeness (QED) is 0.771. The first-order chi connectivity index (χ1) is 6.25. The summed E-state index contributed by atoms with van der Waals surface area (Å²) in [6, 6.07) is 0. The topological polar surface area (TPSA) is 59.2 Å². The zero-order valence-electron chi connectivity index (χ0n) is 7.56. The summed E-state index contributed by atoms with van der Waals surface area (Å²) in [6.45, 7) is 1.31. The van der Waals surface area contributed by atoms with Crippen molar-refractivity contribution in [1.29, 1.82) is 0 Å². The van der Waals surface area contributed by atoms with Crippen LogP contribution in [0, 0.1) is 0 Å². The third-order valence-corrected chi connectivity index (χ3v) is 2.45. The van der Waals surface area contributed by atoms with E-state index in [0.29, 0.717) is 18.0 Å². The number of carbonyl (C=O) groups is 1. The number of aromatic nitrogens is 1. The lowest BCUT2D eigenvalue weighted by Crippen LogP contribution is -2.28. The van der Waals surface area contributed by atoms with Gasteiger partial charge in [-0.15, -0.1) is 11.3 Å². The highest BCUT2D eigenvalue weighted by atomic mass is 32.1. The van der Waals surface area contributed by atoms with Crippen LogP contribution in [0.2, 0.25) is 0 Å². The van der Waals surface area contributed by atoms with Gasteiger partial charge in [0.25, 0.3) is 5.91 Å². The first-order valence-electron chi connectivity index (χ1n) is 4.09. The van der Waals surface area contributed by atoms with Gasteiger partial charge in [0.1, 0.15) is 4.88 Å². The van der Waals surface area contributed by atoms with E-state index in [2.05, 4.69) is 4.98 Å². The Balaban J connectivity index is 2.48. The highest BCUT2D eigenvalue weighted by Crippen LogP contribution is 2.08. The molecule has 0 unspecified atom stereocenters. The van der Waals surface area contributed by atoms with Crippen LogP contribution in [0.15, 0.2) is 11.7 Å². The van der Waals surface area contributed by atoms with E-state index in [0.717, 1.165) is 6.42 Å². The minimum Gasteiger partial charge on any atom is -0.341 e. The summed E-state index contributed by atoms with van der Waals surface area (Å²) in [5.74, 6) is 0.0240. The molecule has 0 saturated heterocycles. The third kappa shape index (κ3) is 2.78. The summed E-state index contributed by atoms with van der Waals surface area (Å²) in [5, 5.41) is 0. The third-order valence-electron chi connectivity index (χ3n) is 1.69. The highest BCUT2D eigenvalue weighted by Gasteiger charge is 2.11. The van der Waals surface area contributed by atoms with Crippen LogP contribution < -0.4 is 5.73 Å². The number of nitrogens with two attached hydrogens (primary N) is 1. The summed E-state index contributed by atoms with van der Waals surface area (Å²) in [4.78, 5) is 17.8. The number of hydrogen-bond acceptors (Lipinski definition) is 4. The fourth-order valence-electron chi connectivity index (χ4n) is 0.940. The molecule has 0 radical (unpaired) electrons. The first-order valence-corrected chi connectivity index (χ1v) is 4.97. The summed E-state index contributed by atoms with van der Waals surface area (Å²) in [6.07, 6.45) is 2.42. The van der Waals surface area contributed by atoms with E-state index in [4.69, 9.17) is 5.73 Å². The molecule has 0 fully saturated rings. The average molecular weight is 199 g/mol. The standard InChI is InChI=1S/C8H13N3OS/c1-11(4-2-3-9)8(12)7-5-10-6-13-7/h5-6H,2-4,9H2,1H3. The number of amides is 1. The van der Waals surface area contributed by atoms with Crippen molar-refractivity contribution in [2.24, 2.45) is 5.73 Å². The lowest BCUT2D eigenvalue weighted by molar-refractivity contribution is 0.0799. The van der Waals surface area contributed by atoms with E-state index in [-0.39, 0.29) is 5.91 Å². The number of carbonyl (C=O) groups excluding carboxylic acids is 1. The van der Waals surface area contributed by atoms with E-state index in [9.17, 15) is 4.79 Å². The number of thiazole rings is 1. The molecule has 1 heterocycles. The van der Waals surface area contributed by atoms with Gasteiger partial charge in [-0.05, 0) is 13.0 Å². The maximum absolute atomic E-state index is 11.6. The monoisotopic (exact) mass is 199 g/mol. The van der Waals surface area contributed by atoms with Gasteiger partial charge in [0.2, 0.25) is 0 Å². The lowest BCUT2D eigenvalue weighted by Gasteiger charge is -2.14. The van der Waals surface area contributed by atoms with Gasteiger partial charge in [-0.2, -0.15) is 0 Å². The molecule has 72 valence electrons. The normalized spacial score (nSPS) is 10.0. The lowest BCUT2D eigenvalue weighted by atomic mass is 10.4. The molecule has 0 aliphatic heterocycles. The van der Waals surface area contributed by atoms with Crippen molar-refractivity contribution in [3.63, 3.8) is 0 Å². The summed E-state index contributed by atoms with van der Waals surface area (Å²) in [5.41, 5.74) is 7.00. The van der Waals surface area contributed by atoms with Crippen molar-refractivity contribution in [1.82, 2.24) is 9.88 Å². The van der Waals surface area contributed by atoms with Gasteiger partial charge in [-0.3, -0.25) is 9.78 Å². The molecule has 13 heavy (non-hydrogen) atoms. The molecule has 4 nitrogen and oxygen atoms in total. The van der Waals surface area contributed by atoms with E-state index in [1.807, 2.05) is 0 Å². The Bertz CT molecular complexity index is 260. The number of hydrogen-bond donors (Lipinski definition) is 1. The van der Waals surface area contributed by atoms with Crippen molar-refractivity contribution in [2.75, 3.05) is 20.1 Å². The van der Waals surface area contributed by atoms with Gasteiger partial charge in [0, 0.05) is 13.6 Å². The van der Waals surface area contributed by atoms with Crippen molar-refractivity contribution in [2.45, 2.75) is 6.42 Å². The average Bonchev–Trinajstić information content (AvgIpc) is 2.65. The second-order valence-corrected chi connectivity index (χ2v) is 3.62. The first kappa shape index (κ1) is 10.1.